The number of piperidine rings is 1. The number of hydrogen-bond acceptors (Lipinski definition) is 3. The molecule has 0 aromatic rings. The molecule has 1 atom stereocenters. The van der Waals surface area contributed by atoms with Crippen LogP contribution >= 0.6 is 0 Å². The Kier molecular flexibility index (Phi) is 8.12. The Morgan fingerprint density at radius 3 is 2.48 bits per heavy atom. The van der Waals surface area contributed by atoms with Crippen molar-refractivity contribution >= 4 is 12.0 Å². The topological polar surface area (TPSA) is 90.5 Å². The van der Waals surface area contributed by atoms with Crippen LogP contribution in [0.4, 0.5) is 4.79 Å². The van der Waals surface area contributed by atoms with Crippen LogP contribution in [0.5, 0.6) is 0 Å². The normalized spacial score (nSPS) is 17.5. The molecule has 0 aromatic heterocycles. The average molecular weight is 299 g/mol. The summed E-state index contributed by atoms with van der Waals surface area (Å²) in [5.41, 5.74) is 0. The highest BCUT2D eigenvalue weighted by atomic mass is 16.4. The lowest BCUT2D eigenvalue weighted by Crippen LogP contribution is -2.47. The SMILES string of the molecule is CC(C)C(CCNC(=O)NC1CCNCC1)CCC(=O)O. The van der Waals surface area contributed by atoms with E-state index in [1.54, 1.807) is 0 Å². The zero-order chi connectivity index (χ0) is 15.7. The summed E-state index contributed by atoms with van der Waals surface area (Å²) in [4.78, 5) is 22.4. The first-order valence-corrected chi connectivity index (χ1v) is 7.96. The number of rotatable bonds is 8. The molecular weight excluding hydrogens is 270 g/mol. The molecule has 1 aliphatic rings. The Morgan fingerprint density at radius 2 is 1.90 bits per heavy atom. The zero-order valence-corrected chi connectivity index (χ0v) is 13.2. The predicted octanol–water partition coefficient (Wildman–Crippen LogP) is 1.56. The molecule has 0 saturated carbocycles. The van der Waals surface area contributed by atoms with E-state index in [9.17, 15) is 9.59 Å². The van der Waals surface area contributed by atoms with Crippen LogP contribution in [0, 0.1) is 11.8 Å². The molecule has 6 heteroatoms. The summed E-state index contributed by atoms with van der Waals surface area (Å²) in [6.45, 7) is 6.70. The minimum atomic E-state index is -0.753. The molecule has 6 nitrogen and oxygen atoms in total. The third kappa shape index (κ3) is 7.90. The summed E-state index contributed by atoms with van der Waals surface area (Å²) in [6, 6.07) is 0.154. The molecule has 0 spiro atoms. The first-order valence-electron chi connectivity index (χ1n) is 7.96. The van der Waals surface area contributed by atoms with E-state index < -0.39 is 5.97 Å². The largest absolute Gasteiger partial charge is 0.481 e. The van der Waals surface area contributed by atoms with Crippen LogP contribution in [-0.2, 0) is 4.79 Å². The number of carbonyl (C=O) groups is 2. The van der Waals surface area contributed by atoms with Crippen molar-refractivity contribution in [3.05, 3.63) is 0 Å². The van der Waals surface area contributed by atoms with Crippen molar-refractivity contribution in [2.24, 2.45) is 11.8 Å². The number of aliphatic carboxylic acids is 1. The fourth-order valence-corrected chi connectivity index (χ4v) is 2.69. The number of carboxylic acids is 1. The van der Waals surface area contributed by atoms with E-state index in [0.717, 1.165) is 32.4 Å². The molecule has 1 saturated heterocycles. The van der Waals surface area contributed by atoms with Crippen molar-refractivity contribution in [1.82, 2.24) is 16.0 Å². The van der Waals surface area contributed by atoms with Gasteiger partial charge in [-0.25, -0.2) is 4.79 Å². The lowest BCUT2D eigenvalue weighted by atomic mass is 9.88. The Labute approximate surface area is 127 Å². The van der Waals surface area contributed by atoms with Gasteiger partial charge in [-0.05, 0) is 50.6 Å². The smallest absolute Gasteiger partial charge is 0.315 e. The summed E-state index contributed by atoms with van der Waals surface area (Å²) in [5.74, 6) is 0.0103. The fraction of sp³-hybridized carbons (Fsp3) is 0.867. The van der Waals surface area contributed by atoms with E-state index in [1.165, 1.54) is 0 Å². The molecule has 1 fully saturated rings. The Balaban J connectivity index is 2.19. The van der Waals surface area contributed by atoms with E-state index in [-0.39, 0.29) is 18.5 Å². The molecule has 1 heterocycles. The quantitative estimate of drug-likeness (QED) is 0.547. The lowest BCUT2D eigenvalue weighted by Gasteiger charge is -2.24. The van der Waals surface area contributed by atoms with Gasteiger partial charge in [0.2, 0.25) is 0 Å². The highest BCUT2D eigenvalue weighted by molar-refractivity contribution is 5.74. The maximum Gasteiger partial charge on any atom is 0.315 e. The van der Waals surface area contributed by atoms with Gasteiger partial charge in [0.1, 0.15) is 0 Å². The Hall–Kier alpha value is -1.30. The summed E-state index contributed by atoms with van der Waals surface area (Å²) in [6.07, 6.45) is 3.64. The number of urea groups is 1. The number of nitrogens with one attached hydrogen (secondary N) is 3. The number of carboxylic acid groups (broad SMARTS) is 1. The maximum absolute atomic E-state index is 11.8. The fourth-order valence-electron chi connectivity index (χ4n) is 2.69. The molecule has 0 radical (unpaired) electrons. The van der Waals surface area contributed by atoms with Crippen molar-refractivity contribution in [2.75, 3.05) is 19.6 Å². The molecule has 1 aliphatic heterocycles. The van der Waals surface area contributed by atoms with Crippen LogP contribution < -0.4 is 16.0 Å². The van der Waals surface area contributed by atoms with Crippen LogP contribution in [0.25, 0.3) is 0 Å². The van der Waals surface area contributed by atoms with Gasteiger partial charge in [-0.1, -0.05) is 13.8 Å². The van der Waals surface area contributed by atoms with Gasteiger partial charge >= 0.3 is 12.0 Å². The molecule has 0 aromatic carbocycles. The van der Waals surface area contributed by atoms with E-state index in [4.69, 9.17) is 5.11 Å². The van der Waals surface area contributed by atoms with Crippen molar-refractivity contribution in [3.8, 4) is 0 Å². The lowest BCUT2D eigenvalue weighted by molar-refractivity contribution is -0.137. The van der Waals surface area contributed by atoms with Crippen molar-refractivity contribution in [3.63, 3.8) is 0 Å². The molecule has 0 aliphatic carbocycles. The minimum Gasteiger partial charge on any atom is -0.481 e. The highest BCUT2D eigenvalue weighted by Crippen LogP contribution is 2.20. The molecule has 0 bridgehead atoms. The number of hydrogen-bond donors (Lipinski definition) is 4. The third-order valence-corrected chi connectivity index (χ3v) is 4.15. The molecular formula is C15H29N3O3. The molecule has 21 heavy (non-hydrogen) atoms. The van der Waals surface area contributed by atoms with Crippen molar-refractivity contribution in [2.45, 2.75) is 52.0 Å². The standard InChI is InChI=1S/C15H29N3O3/c1-11(2)12(3-4-14(19)20)5-10-17-15(21)18-13-6-8-16-9-7-13/h11-13,16H,3-10H2,1-2H3,(H,19,20)(H2,17,18,21). The van der Waals surface area contributed by atoms with Gasteiger partial charge in [-0.15, -0.1) is 0 Å². The van der Waals surface area contributed by atoms with E-state index in [2.05, 4.69) is 29.8 Å². The molecule has 1 rings (SSSR count). The Bertz CT molecular complexity index is 328. The minimum absolute atomic E-state index is 0.109. The molecule has 2 amide bonds. The van der Waals surface area contributed by atoms with Gasteiger partial charge in [0, 0.05) is 19.0 Å². The average Bonchev–Trinajstić information content (AvgIpc) is 2.43. The first-order chi connectivity index (χ1) is 9.99. The first kappa shape index (κ1) is 17.8. The van der Waals surface area contributed by atoms with Crippen LogP contribution in [0.1, 0.15) is 46.0 Å². The maximum atomic E-state index is 11.8. The summed E-state index contributed by atoms with van der Waals surface area (Å²) in [5, 5.41) is 17.9. The highest BCUT2D eigenvalue weighted by Gasteiger charge is 2.17. The van der Waals surface area contributed by atoms with E-state index in [1.807, 2.05) is 0 Å². The van der Waals surface area contributed by atoms with Gasteiger partial charge in [-0.3, -0.25) is 4.79 Å². The number of carbonyl (C=O) groups excluding carboxylic acids is 1. The van der Waals surface area contributed by atoms with E-state index >= 15 is 0 Å². The van der Waals surface area contributed by atoms with Gasteiger partial charge in [0.15, 0.2) is 0 Å². The summed E-state index contributed by atoms with van der Waals surface area (Å²) < 4.78 is 0. The predicted molar refractivity (Wildman–Crippen MR) is 82.2 cm³/mol. The second kappa shape index (κ2) is 9.60. The summed E-state index contributed by atoms with van der Waals surface area (Å²) in [7, 11) is 0. The van der Waals surface area contributed by atoms with Gasteiger partial charge in [0.25, 0.3) is 0 Å². The van der Waals surface area contributed by atoms with Crippen LogP contribution in [-0.4, -0.2) is 42.8 Å². The van der Waals surface area contributed by atoms with Crippen molar-refractivity contribution < 1.29 is 14.7 Å². The second-order valence-electron chi connectivity index (χ2n) is 6.15. The van der Waals surface area contributed by atoms with Crippen LogP contribution in [0.2, 0.25) is 0 Å². The van der Waals surface area contributed by atoms with Gasteiger partial charge < -0.3 is 21.1 Å². The second-order valence-corrected chi connectivity index (χ2v) is 6.15. The van der Waals surface area contributed by atoms with Crippen LogP contribution in [0.3, 0.4) is 0 Å². The van der Waals surface area contributed by atoms with Crippen LogP contribution in [0.15, 0.2) is 0 Å². The zero-order valence-electron chi connectivity index (χ0n) is 13.2. The number of amides is 2. The molecule has 4 N–H and O–H groups in total. The molecule has 1 unspecified atom stereocenters. The summed E-state index contributed by atoms with van der Waals surface area (Å²) >= 11 is 0. The van der Waals surface area contributed by atoms with Gasteiger partial charge in [-0.2, -0.15) is 0 Å². The third-order valence-electron chi connectivity index (χ3n) is 4.15. The van der Waals surface area contributed by atoms with Crippen molar-refractivity contribution in [1.29, 1.82) is 0 Å². The van der Waals surface area contributed by atoms with Gasteiger partial charge in [0.05, 0.1) is 0 Å². The monoisotopic (exact) mass is 299 g/mol. The Morgan fingerprint density at radius 1 is 1.24 bits per heavy atom. The molecule has 122 valence electrons. The van der Waals surface area contributed by atoms with E-state index in [0.29, 0.717) is 24.8 Å².